The standard InChI is InChI=1S/C12H15N5OS.2ClH/c1-17(2)8-3-4-10(14-6-8)16-12(18)9-7-19-11(5-13)15-9;;/h3-4,6-7H,5,13H2,1-2H3,(H,14,16,18);2*1H. The fraction of sp³-hybridized carbons (Fsp3) is 0.250. The molecule has 0 aromatic carbocycles. The van der Waals surface area contributed by atoms with E-state index >= 15 is 0 Å². The van der Waals surface area contributed by atoms with Gasteiger partial charge in [-0.05, 0) is 12.1 Å². The molecule has 1 amide bonds. The fourth-order valence-electron chi connectivity index (χ4n) is 1.41. The third kappa shape index (κ3) is 5.13. The highest BCUT2D eigenvalue weighted by Crippen LogP contribution is 2.14. The second-order valence-corrected chi connectivity index (χ2v) is 5.02. The summed E-state index contributed by atoms with van der Waals surface area (Å²) in [6, 6.07) is 3.64. The molecule has 0 spiro atoms. The first-order valence-corrected chi connectivity index (χ1v) is 6.57. The zero-order chi connectivity index (χ0) is 13.8. The van der Waals surface area contributed by atoms with Crippen molar-refractivity contribution in [3.05, 3.63) is 34.4 Å². The van der Waals surface area contributed by atoms with Crippen molar-refractivity contribution in [1.82, 2.24) is 9.97 Å². The molecule has 2 aromatic rings. The summed E-state index contributed by atoms with van der Waals surface area (Å²) in [6.45, 7) is 0.341. The Balaban J connectivity index is 0.00000200. The Labute approximate surface area is 139 Å². The molecule has 0 aliphatic heterocycles. The van der Waals surface area contributed by atoms with Crippen molar-refractivity contribution in [3.8, 4) is 0 Å². The van der Waals surface area contributed by atoms with Gasteiger partial charge in [0.1, 0.15) is 16.5 Å². The van der Waals surface area contributed by atoms with Gasteiger partial charge in [0.25, 0.3) is 5.91 Å². The number of hydrogen-bond acceptors (Lipinski definition) is 6. The molecular formula is C12H17Cl2N5OS. The van der Waals surface area contributed by atoms with Gasteiger partial charge < -0.3 is 16.0 Å². The normalized spacial score (nSPS) is 9.29. The van der Waals surface area contributed by atoms with Crippen molar-refractivity contribution in [2.24, 2.45) is 5.73 Å². The molecule has 2 rings (SSSR count). The van der Waals surface area contributed by atoms with Gasteiger partial charge in [-0.1, -0.05) is 0 Å². The number of amides is 1. The largest absolute Gasteiger partial charge is 0.376 e. The highest BCUT2D eigenvalue weighted by Gasteiger charge is 2.11. The molecule has 2 aromatic heterocycles. The maximum atomic E-state index is 11.9. The topological polar surface area (TPSA) is 84.1 Å². The monoisotopic (exact) mass is 349 g/mol. The van der Waals surface area contributed by atoms with Crippen LogP contribution >= 0.6 is 36.2 Å². The molecule has 0 saturated heterocycles. The van der Waals surface area contributed by atoms with Crippen LogP contribution in [0.4, 0.5) is 11.5 Å². The van der Waals surface area contributed by atoms with E-state index in [9.17, 15) is 4.79 Å². The summed E-state index contributed by atoms with van der Waals surface area (Å²) < 4.78 is 0. The molecule has 0 aliphatic carbocycles. The Bertz CT molecular complexity index is 573. The molecule has 0 saturated carbocycles. The number of carbonyl (C=O) groups excluding carboxylic acids is 1. The van der Waals surface area contributed by atoms with E-state index in [4.69, 9.17) is 5.73 Å². The van der Waals surface area contributed by atoms with Gasteiger partial charge in [0.2, 0.25) is 0 Å². The third-order valence-electron chi connectivity index (χ3n) is 2.46. The van der Waals surface area contributed by atoms with Gasteiger partial charge in [-0.15, -0.1) is 36.2 Å². The molecule has 0 unspecified atom stereocenters. The quantitative estimate of drug-likeness (QED) is 0.883. The summed E-state index contributed by atoms with van der Waals surface area (Å²) in [6.07, 6.45) is 1.70. The smallest absolute Gasteiger partial charge is 0.276 e. The van der Waals surface area contributed by atoms with E-state index in [0.717, 1.165) is 10.7 Å². The van der Waals surface area contributed by atoms with E-state index in [2.05, 4.69) is 15.3 Å². The van der Waals surface area contributed by atoms with Gasteiger partial charge in [-0.25, -0.2) is 9.97 Å². The van der Waals surface area contributed by atoms with Gasteiger partial charge in [0.05, 0.1) is 11.9 Å². The van der Waals surface area contributed by atoms with Crippen molar-refractivity contribution in [1.29, 1.82) is 0 Å². The number of aromatic nitrogens is 2. The molecule has 6 nitrogen and oxygen atoms in total. The summed E-state index contributed by atoms with van der Waals surface area (Å²) in [4.78, 5) is 22.1. The average molecular weight is 350 g/mol. The lowest BCUT2D eigenvalue weighted by molar-refractivity contribution is 0.102. The van der Waals surface area contributed by atoms with Gasteiger partial charge in [0, 0.05) is 26.0 Å². The number of nitrogens with one attached hydrogen (secondary N) is 1. The van der Waals surface area contributed by atoms with E-state index in [1.165, 1.54) is 11.3 Å². The first-order valence-electron chi connectivity index (χ1n) is 5.69. The Morgan fingerprint density at radius 2 is 2.10 bits per heavy atom. The van der Waals surface area contributed by atoms with E-state index in [1.807, 2.05) is 25.1 Å². The molecule has 0 bridgehead atoms. The number of hydrogen-bond donors (Lipinski definition) is 2. The predicted octanol–water partition coefficient (Wildman–Crippen LogP) is 2.16. The highest BCUT2D eigenvalue weighted by molar-refractivity contribution is 7.09. The Kier molecular flexibility index (Phi) is 8.19. The van der Waals surface area contributed by atoms with Crippen LogP contribution < -0.4 is 16.0 Å². The van der Waals surface area contributed by atoms with E-state index in [0.29, 0.717) is 18.1 Å². The number of halogens is 2. The number of anilines is 2. The fourth-order valence-corrected chi connectivity index (χ4v) is 2.07. The van der Waals surface area contributed by atoms with Crippen molar-refractivity contribution in [3.63, 3.8) is 0 Å². The SMILES string of the molecule is CN(C)c1ccc(NC(=O)c2csc(CN)n2)nc1.Cl.Cl. The number of nitrogens with zero attached hydrogens (tertiary/aromatic N) is 3. The summed E-state index contributed by atoms with van der Waals surface area (Å²) in [5.74, 6) is 0.221. The molecule has 21 heavy (non-hydrogen) atoms. The number of nitrogens with two attached hydrogens (primary N) is 1. The molecule has 0 fully saturated rings. The first-order chi connectivity index (χ1) is 9.10. The number of pyridine rings is 1. The van der Waals surface area contributed by atoms with Crippen molar-refractivity contribution in [2.45, 2.75) is 6.54 Å². The molecule has 0 atom stereocenters. The van der Waals surface area contributed by atoms with Crippen LogP contribution in [-0.4, -0.2) is 30.0 Å². The van der Waals surface area contributed by atoms with Crippen LogP contribution in [0, 0.1) is 0 Å². The van der Waals surface area contributed by atoms with Crippen LogP contribution in [0.1, 0.15) is 15.5 Å². The highest BCUT2D eigenvalue weighted by atomic mass is 35.5. The van der Waals surface area contributed by atoms with Gasteiger partial charge >= 0.3 is 0 Å². The van der Waals surface area contributed by atoms with E-state index in [1.54, 1.807) is 17.6 Å². The zero-order valence-corrected chi connectivity index (χ0v) is 14.0. The Morgan fingerprint density at radius 3 is 2.57 bits per heavy atom. The Morgan fingerprint density at radius 1 is 1.38 bits per heavy atom. The number of carbonyl (C=O) groups is 1. The minimum atomic E-state index is -0.277. The van der Waals surface area contributed by atoms with Gasteiger partial charge in [-0.2, -0.15) is 0 Å². The molecule has 0 aliphatic rings. The summed E-state index contributed by atoms with van der Waals surface area (Å²) in [7, 11) is 3.86. The van der Waals surface area contributed by atoms with E-state index in [-0.39, 0.29) is 30.7 Å². The van der Waals surface area contributed by atoms with Crippen molar-refractivity contribution < 1.29 is 4.79 Å². The minimum Gasteiger partial charge on any atom is -0.376 e. The molecule has 9 heteroatoms. The lowest BCUT2D eigenvalue weighted by Crippen LogP contribution is -2.14. The second-order valence-electron chi connectivity index (χ2n) is 4.08. The van der Waals surface area contributed by atoms with Crippen LogP contribution in [0.15, 0.2) is 23.7 Å². The lowest BCUT2D eigenvalue weighted by atomic mass is 10.3. The zero-order valence-electron chi connectivity index (χ0n) is 11.6. The van der Waals surface area contributed by atoms with Crippen LogP contribution in [-0.2, 0) is 6.54 Å². The predicted molar refractivity (Wildman–Crippen MR) is 91.0 cm³/mol. The third-order valence-corrected chi connectivity index (χ3v) is 3.34. The molecule has 3 N–H and O–H groups in total. The summed E-state index contributed by atoms with van der Waals surface area (Å²) >= 11 is 1.37. The van der Waals surface area contributed by atoms with Crippen LogP contribution in [0.2, 0.25) is 0 Å². The maximum absolute atomic E-state index is 11.9. The second kappa shape index (κ2) is 8.78. The molecule has 116 valence electrons. The summed E-state index contributed by atoms with van der Waals surface area (Å²) in [5, 5.41) is 5.12. The number of rotatable bonds is 4. The molecular weight excluding hydrogens is 333 g/mol. The lowest BCUT2D eigenvalue weighted by Gasteiger charge is -2.11. The van der Waals surface area contributed by atoms with Crippen molar-refractivity contribution in [2.75, 3.05) is 24.3 Å². The van der Waals surface area contributed by atoms with Crippen LogP contribution in [0.5, 0.6) is 0 Å². The molecule has 0 radical (unpaired) electrons. The first kappa shape index (κ1) is 19.6. The number of thiazole rings is 1. The van der Waals surface area contributed by atoms with Crippen LogP contribution in [0.25, 0.3) is 0 Å². The maximum Gasteiger partial charge on any atom is 0.276 e. The Hall–Kier alpha value is -1.41. The van der Waals surface area contributed by atoms with Gasteiger partial charge in [-0.3, -0.25) is 4.79 Å². The summed E-state index contributed by atoms with van der Waals surface area (Å²) in [5.41, 5.74) is 6.79. The van der Waals surface area contributed by atoms with E-state index < -0.39 is 0 Å². The van der Waals surface area contributed by atoms with Gasteiger partial charge in [0.15, 0.2) is 0 Å². The van der Waals surface area contributed by atoms with Crippen LogP contribution in [0.3, 0.4) is 0 Å². The average Bonchev–Trinajstić information content (AvgIpc) is 2.88. The van der Waals surface area contributed by atoms with Crippen molar-refractivity contribution >= 4 is 53.6 Å². The molecule has 2 heterocycles. The minimum absolute atomic E-state index is 0.